The molecule has 1 amide bonds. The lowest BCUT2D eigenvalue weighted by Crippen LogP contribution is -2.23. The fourth-order valence-electron chi connectivity index (χ4n) is 2.85. The summed E-state index contributed by atoms with van der Waals surface area (Å²) in [6.07, 6.45) is 0. The van der Waals surface area contributed by atoms with Gasteiger partial charge >= 0.3 is 5.97 Å². The summed E-state index contributed by atoms with van der Waals surface area (Å²) in [6.45, 7) is 5.56. The first-order valence-corrected chi connectivity index (χ1v) is 9.93. The Labute approximate surface area is 169 Å². The molecule has 28 heavy (non-hydrogen) atoms. The van der Waals surface area contributed by atoms with Gasteiger partial charge in [-0.1, -0.05) is 12.1 Å². The van der Waals surface area contributed by atoms with Gasteiger partial charge in [-0.25, -0.2) is 4.79 Å². The van der Waals surface area contributed by atoms with Gasteiger partial charge in [0, 0.05) is 25.7 Å². The third-order valence-corrected chi connectivity index (χ3v) is 5.12. The second-order valence-electron chi connectivity index (χ2n) is 6.20. The quantitative estimate of drug-likeness (QED) is 0.623. The van der Waals surface area contributed by atoms with Crippen LogP contribution >= 0.6 is 11.3 Å². The van der Waals surface area contributed by atoms with Crippen LogP contribution in [-0.4, -0.2) is 44.1 Å². The monoisotopic (exact) mass is 405 g/mol. The van der Waals surface area contributed by atoms with Crippen LogP contribution in [0.1, 0.15) is 45.0 Å². The second kappa shape index (κ2) is 10.1. The van der Waals surface area contributed by atoms with Crippen molar-refractivity contribution < 1.29 is 19.1 Å². The molecule has 0 spiro atoms. The van der Waals surface area contributed by atoms with E-state index in [0.29, 0.717) is 35.1 Å². The molecule has 0 saturated heterocycles. The molecule has 1 aromatic heterocycles. The number of carbonyl (C=O) groups is 2. The number of anilines is 1. The van der Waals surface area contributed by atoms with Crippen LogP contribution in [0.2, 0.25) is 0 Å². The minimum absolute atomic E-state index is 0.241. The van der Waals surface area contributed by atoms with Crippen molar-refractivity contribution in [3.8, 4) is 5.75 Å². The van der Waals surface area contributed by atoms with E-state index in [1.54, 1.807) is 14.0 Å². The number of nitrogen functional groups attached to an aromatic ring is 1. The third kappa shape index (κ3) is 5.24. The van der Waals surface area contributed by atoms with Crippen molar-refractivity contribution >= 4 is 28.2 Å². The molecule has 1 aromatic carbocycles. The van der Waals surface area contributed by atoms with Crippen LogP contribution in [0.5, 0.6) is 5.75 Å². The van der Waals surface area contributed by atoms with E-state index in [4.69, 9.17) is 15.2 Å². The molecule has 0 unspecified atom stereocenters. The number of esters is 1. The molecule has 2 rings (SSSR count). The zero-order valence-corrected chi connectivity index (χ0v) is 17.5. The molecule has 0 saturated carbocycles. The third-order valence-electron chi connectivity index (χ3n) is 4.06. The molecular formula is C20H27N3O4S. The second-order valence-corrected chi connectivity index (χ2v) is 7.25. The number of hydrogen-bond acceptors (Lipinski definition) is 7. The molecule has 0 aliphatic rings. The minimum Gasteiger partial charge on any atom is -0.494 e. The van der Waals surface area contributed by atoms with E-state index in [2.05, 4.69) is 5.32 Å². The van der Waals surface area contributed by atoms with Crippen LogP contribution in [0, 0.1) is 0 Å². The zero-order chi connectivity index (χ0) is 20.7. The van der Waals surface area contributed by atoms with Gasteiger partial charge in [-0.3, -0.25) is 9.69 Å². The van der Waals surface area contributed by atoms with Gasteiger partial charge in [0.05, 0.1) is 23.7 Å². The van der Waals surface area contributed by atoms with Crippen molar-refractivity contribution in [2.45, 2.75) is 26.9 Å². The van der Waals surface area contributed by atoms with E-state index in [1.165, 1.54) is 0 Å². The molecule has 3 N–H and O–H groups in total. The highest BCUT2D eigenvalue weighted by atomic mass is 32.1. The fourth-order valence-corrected chi connectivity index (χ4v) is 3.87. The summed E-state index contributed by atoms with van der Waals surface area (Å²) in [5.74, 6) is 0.0543. The van der Waals surface area contributed by atoms with E-state index in [-0.39, 0.29) is 18.1 Å². The van der Waals surface area contributed by atoms with Gasteiger partial charge in [0.1, 0.15) is 10.8 Å². The van der Waals surface area contributed by atoms with E-state index in [9.17, 15) is 9.59 Å². The summed E-state index contributed by atoms with van der Waals surface area (Å²) in [7, 11) is 3.47. The number of hydrogen-bond donors (Lipinski definition) is 2. The Balaban J connectivity index is 2.24. The minimum atomic E-state index is -0.504. The smallest absolute Gasteiger partial charge is 0.341 e. The number of ether oxygens (including phenoxy) is 2. The molecule has 152 valence electrons. The molecule has 2 aromatic rings. The maximum absolute atomic E-state index is 12.4. The Morgan fingerprint density at radius 2 is 1.82 bits per heavy atom. The first-order valence-electron chi connectivity index (χ1n) is 9.11. The molecule has 0 fully saturated rings. The van der Waals surface area contributed by atoms with Gasteiger partial charge in [-0.15, -0.1) is 11.3 Å². The average molecular weight is 406 g/mol. The average Bonchev–Trinajstić information content (AvgIpc) is 2.99. The van der Waals surface area contributed by atoms with Gasteiger partial charge in [0.2, 0.25) is 0 Å². The van der Waals surface area contributed by atoms with E-state index >= 15 is 0 Å². The first-order chi connectivity index (χ1) is 13.4. The normalized spacial score (nSPS) is 10.8. The lowest BCUT2D eigenvalue weighted by molar-refractivity contribution is 0.0526. The van der Waals surface area contributed by atoms with Gasteiger partial charge in [0.15, 0.2) is 0 Å². The maximum atomic E-state index is 12.4. The molecule has 8 heteroatoms. The zero-order valence-electron chi connectivity index (χ0n) is 16.7. The standard InChI is InChI=1S/C20H27N3O4S/c1-5-26-14-9-7-13(8-10-14)11-23(4)12-15-16(20(25)27-6-2)18(21)28-17(15)19(24)22-3/h7-10H,5-6,11-12,21H2,1-4H3,(H,22,24). The summed E-state index contributed by atoms with van der Waals surface area (Å²) in [5.41, 5.74) is 8.01. The number of benzene rings is 1. The molecule has 1 heterocycles. The Hall–Kier alpha value is -2.58. The van der Waals surface area contributed by atoms with Crippen molar-refractivity contribution in [3.63, 3.8) is 0 Å². The Morgan fingerprint density at radius 3 is 2.39 bits per heavy atom. The van der Waals surface area contributed by atoms with Crippen molar-refractivity contribution in [1.29, 1.82) is 0 Å². The SMILES string of the molecule is CCOC(=O)c1c(N)sc(C(=O)NC)c1CN(C)Cc1ccc(OCC)cc1. The van der Waals surface area contributed by atoms with Crippen molar-refractivity contribution in [2.24, 2.45) is 0 Å². The molecule has 7 nitrogen and oxygen atoms in total. The summed E-state index contributed by atoms with van der Waals surface area (Å²) in [5, 5.41) is 2.90. The van der Waals surface area contributed by atoms with E-state index in [0.717, 1.165) is 22.6 Å². The van der Waals surface area contributed by atoms with Crippen molar-refractivity contribution in [1.82, 2.24) is 10.2 Å². The van der Waals surface area contributed by atoms with Gasteiger partial charge in [0.25, 0.3) is 5.91 Å². The Kier molecular flexibility index (Phi) is 7.83. The van der Waals surface area contributed by atoms with Crippen LogP contribution in [0.4, 0.5) is 5.00 Å². The van der Waals surface area contributed by atoms with Gasteiger partial charge < -0.3 is 20.5 Å². The number of rotatable bonds is 9. The van der Waals surface area contributed by atoms with E-state index in [1.807, 2.05) is 43.1 Å². The van der Waals surface area contributed by atoms with E-state index < -0.39 is 5.97 Å². The lowest BCUT2D eigenvalue weighted by Gasteiger charge is -2.18. The molecule has 0 atom stereocenters. The van der Waals surface area contributed by atoms with Crippen LogP contribution < -0.4 is 15.8 Å². The number of nitrogens with one attached hydrogen (secondary N) is 1. The molecule has 0 bridgehead atoms. The summed E-state index contributed by atoms with van der Waals surface area (Å²) in [4.78, 5) is 27.1. The predicted octanol–water partition coefficient (Wildman–Crippen LogP) is 2.90. The summed E-state index contributed by atoms with van der Waals surface area (Å²) >= 11 is 1.11. The Bertz CT molecular complexity index is 818. The Morgan fingerprint density at radius 1 is 1.14 bits per heavy atom. The number of thiophene rings is 1. The summed E-state index contributed by atoms with van der Waals surface area (Å²) in [6, 6.07) is 7.84. The number of carbonyl (C=O) groups excluding carboxylic acids is 2. The number of amides is 1. The lowest BCUT2D eigenvalue weighted by atomic mass is 10.1. The van der Waals surface area contributed by atoms with Crippen LogP contribution in [0.15, 0.2) is 24.3 Å². The predicted molar refractivity (Wildman–Crippen MR) is 111 cm³/mol. The van der Waals surface area contributed by atoms with Crippen LogP contribution in [0.25, 0.3) is 0 Å². The number of nitrogens with two attached hydrogens (primary N) is 1. The van der Waals surface area contributed by atoms with Crippen molar-refractivity contribution in [2.75, 3.05) is 33.0 Å². The van der Waals surface area contributed by atoms with Crippen LogP contribution in [0.3, 0.4) is 0 Å². The van der Waals surface area contributed by atoms with Gasteiger partial charge in [-0.2, -0.15) is 0 Å². The fraction of sp³-hybridized carbons (Fsp3) is 0.400. The highest BCUT2D eigenvalue weighted by Gasteiger charge is 2.27. The molecule has 0 aliphatic heterocycles. The van der Waals surface area contributed by atoms with Gasteiger partial charge in [-0.05, 0) is 38.6 Å². The largest absolute Gasteiger partial charge is 0.494 e. The molecule has 0 radical (unpaired) electrons. The maximum Gasteiger partial charge on any atom is 0.341 e. The number of nitrogens with zero attached hydrogens (tertiary/aromatic N) is 1. The highest BCUT2D eigenvalue weighted by molar-refractivity contribution is 7.18. The molecular weight excluding hydrogens is 378 g/mol. The van der Waals surface area contributed by atoms with Crippen molar-refractivity contribution in [3.05, 3.63) is 45.8 Å². The highest BCUT2D eigenvalue weighted by Crippen LogP contribution is 2.33. The first kappa shape index (κ1) is 21.7. The molecule has 0 aliphatic carbocycles. The topological polar surface area (TPSA) is 93.9 Å². The van der Waals surface area contributed by atoms with Crippen LogP contribution in [-0.2, 0) is 17.8 Å². The summed E-state index contributed by atoms with van der Waals surface area (Å²) < 4.78 is 10.6.